The van der Waals surface area contributed by atoms with Crippen molar-refractivity contribution in [3.8, 4) is 0 Å². The summed E-state index contributed by atoms with van der Waals surface area (Å²) in [7, 11) is 0. The monoisotopic (exact) mass is 156 g/mol. The van der Waals surface area contributed by atoms with Crippen molar-refractivity contribution < 1.29 is 14.3 Å². The predicted octanol–water partition coefficient (Wildman–Crippen LogP) is 0.917. The maximum atomic E-state index is 10.7. The van der Waals surface area contributed by atoms with Crippen LogP contribution in [-0.4, -0.2) is 17.9 Å². The van der Waals surface area contributed by atoms with Gasteiger partial charge in [-0.1, -0.05) is 6.92 Å². The molecule has 0 N–H and O–H groups in total. The Labute approximate surface area is 65.7 Å². The highest BCUT2D eigenvalue weighted by molar-refractivity contribution is 5.78. The maximum absolute atomic E-state index is 10.7. The lowest BCUT2D eigenvalue weighted by Gasteiger charge is -2.10. The molecule has 3 heteroatoms. The summed E-state index contributed by atoms with van der Waals surface area (Å²) in [5, 5.41) is 0. The predicted molar refractivity (Wildman–Crippen MR) is 39.0 cm³/mol. The second-order valence-electron chi connectivity index (χ2n) is 3.12. The number of carbonyl (C=O) groups excluding carboxylic acids is 2. The second-order valence-corrected chi connectivity index (χ2v) is 3.12. The van der Waals surface area contributed by atoms with E-state index in [0.717, 1.165) is 0 Å². The number of rotatable bonds is 2. The van der Waals surface area contributed by atoms with Gasteiger partial charge in [0.25, 0.3) is 0 Å². The summed E-state index contributed by atoms with van der Waals surface area (Å²) in [4.78, 5) is 21.4. The van der Waals surface area contributed by atoms with Crippen molar-refractivity contribution in [3.05, 3.63) is 0 Å². The molecule has 3 nitrogen and oxygen atoms in total. The van der Waals surface area contributed by atoms with E-state index in [4.69, 9.17) is 4.74 Å². The lowest BCUT2D eigenvalue weighted by molar-refractivity contribution is -0.142. The zero-order chi connectivity index (χ0) is 8.43. The molecule has 0 amide bonds. The van der Waals surface area contributed by atoms with Crippen molar-refractivity contribution in [2.45, 2.75) is 32.8 Å². The molecule has 0 bridgehead atoms. The Balaban J connectivity index is 2.46. The number of hydrogen-bond acceptors (Lipinski definition) is 3. The first-order valence-electron chi connectivity index (χ1n) is 3.78. The Bertz CT molecular complexity index is 186. The fourth-order valence-corrected chi connectivity index (χ4v) is 1.25. The molecule has 1 rings (SSSR count). The zero-order valence-corrected chi connectivity index (χ0v) is 6.79. The fourth-order valence-electron chi connectivity index (χ4n) is 1.25. The minimum atomic E-state index is -0.177. The van der Waals surface area contributed by atoms with E-state index in [-0.39, 0.29) is 23.8 Å². The molecule has 0 aromatic heterocycles. The number of esters is 1. The molecule has 62 valence electrons. The molecule has 1 saturated heterocycles. The van der Waals surface area contributed by atoms with E-state index in [1.807, 2.05) is 6.92 Å². The molecule has 0 radical (unpaired) electrons. The van der Waals surface area contributed by atoms with Crippen LogP contribution in [0.25, 0.3) is 0 Å². The van der Waals surface area contributed by atoms with Crippen LogP contribution in [-0.2, 0) is 14.3 Å². The highest BCUT2D eigenvalue weighted by Crippen LogP contribution is 2.23. The third-order valence-corrected chi connectivity index (χ3v) is 1.89. The maximum Gasteiger partial charge on any atom is 0.306 e. The summed E-state index contributed by atoms with van der Waals surface area (Å²) in [5.41, 5.74) is 0. The van der Waals surface area contributed by atoms with Crippen LogP contribution < -0.4 is 0 Å². The van der Waals surface area contributed by atoms with Crippen LogP contribution in [0.5, 0.6) is 0 Å². The summed E-state index contributed by atoms with van der Waals surface area (Å²) < 4.78 is 4.92. The van der Waals surface area contributed by atoms with Gasteiger partial charge in [-0.3, -0.25) is 9.59 Å². The molecular formula is C8H12O3. The van der Waals surface area contributed by atoms with Gasteiger partial charge in [0.1, 0.15) is 11.9 Å². The van der Waals surface area contributed by atoms with E-state index in [9.17, 15) is 9.59 Å². The average Bonchev–Trinajstić information content (AvgIpc) is 2.09. The fraction of sp³-hybridized carbons (Fsp3) is 0.750. The molecule has 0 unspecified atom stereocenters. The second kappa shape index (κ2) is 3.03. The minimum absolute atomic E-state index is 0.0801. The Kier molecular flexibility index (Phi) is 2.27. The van der Waals surface area contributed by atoms with Crippen LogP contribution in [0.4, 0.5) is 0 Å². The van der Waals surface area contributed by atoms with Crippen molar-refractivity contribution >= 4 is 11.8 Å². The van der Waals surface area contributed by atoms with Crippen LogP contribution in [0.15, 0.2) is 0 Å². The molecule has 2 atom stereocenters. The molecule has 0 saturated carbocycles. The lowest BCUT2D eigenvalue weighted by atomic mass is 10.0. The standard InChI is InChI=1S/C8H12O3/c1-5-3-8(10)11-7(5)4-6(2)9/h5,7H,3-4H2,1-2H3/t5-,7+/m1/s1. The first kappa shape index (κ1) is 8.24. The van der Waals surface area contributed by atoms with Gasteiger partial charge >= 0.3 is 5.97 Å². The first-order chi connectivity index (χ1) is 5.09. The molecule has 1 aliphatic rings. The highest BCUT2D eigenvalue weighted by atomic mass is 16.5. The van der Waals surface area contributed by atoms with Crippen LogP contribution in [0.2, 0.25) is 0 Å². The minimum Gasteiger partial charge on any atom is -0.462 e. The lowest BCUT2D eigenvalue weighted by Crippen LogP contribution is -2.16. The van der Waals surface area contributed by atoms with E-state index in [1.165, 1.54) is 6.92 Å². The summed E-state index contributed by atoms with van der Waals surface area (Å²) in [6.07, 6.45) is 0.658. The number of hydrogen-bond donors (Lipinski definition) is 0. The molecule has 1 fully saturated rings. The molecule has 0 aliphatic carbocycles. The van der Waals surface area contributed by atoms with E-state index in [2.05, 4.69) is 0 Å². The normalized spacial score (nSPS) is 30.2. The zero-order valence-electron chi connectivity index (χ0n) is 6.79. The van der Waals surface area contributed by atoms with Gasteiger partial charge in [-0.15, -0.1) is 0 Å². The Morgan fingerprint density at radius 1 is 1.73 bits per heavy atom. The topological polar surface area (TPSA) is 43.4 Å². The number of cyclic esters (lactones) is 1. The van der Waals surface area contributed by atoms with Gasteiger partial charge in [0.2, 0.25) is 0 Å². The van der Waals surface area contributed by atoms with Gasteiger partial charge in [-0.05, 0) is 6.92 Å². The molecular weight excluding hydrogens is 144 g/mol. The van der Waals surface area contributed by atoms with E-state index in [1.54, 1.807) is 0 Å². The van der Waals surface area contributed by atoms with Gasteiger partial charge in [0.15, 0.2) is 0 Å². The Morgan fingerprint density at radius 2 is 2.36 bits per heavy atom. The van der Waals surface area contributed by atoms with Gasteiger partial charge in [-0.2, -0.15) is 0 Å². The summed E-state index contributed by atoms with van der Waals surface area (Å²) in [5.74, 6) is 0.103. The summed E-state index contributed by atoms with van der Waals surface area (Å²) >= 11 is 0. The molecule has 1 heterocycles. The molecule has 0 aromatic rings. The third-order valence-electron chi connectivity index (χ3n) is 1.89. The molecule has 0 spiro atoms. The summed E-state index contributed by atoms with van der Waals surface area (Å²) in [6, 6.07) is 0. The summed E-state index contributed by atoms with van der Waals surface area (Å²) in [6.45, 7) is 3.44. The van der Waals surface area contributed by atoms with Crippen molar-refractivity contribution in [1.82, 2.24) is 0 Å². The van der Waals surface area contributed by atoms with Gasteiger partial charge in [0, 0.05) is 12.3 Å². The van der Waals surface area contributed by atoms with Gasteiger partial charge in [0.05, 0.1) is 6.42 Å². The Morgan fingerprint density at radius 3 is 2.73 bits per heavy atom. The number of ketones is 1. The van der Waals surface area contributed by atoms with Gasteiger partial charge < -0.3 is 4.74 Å². The number of Topliss-reactive ketones (excluding diaryl/α,β-unsaturated/α-hetero) is 1. The Hall–Kier alpha value is -0.860. The van der Waals surface area contributed by atoms with Crippen molar-refractivity contribution in [2.75, 3.05) is 0 Å². The van der Waals surface area contributed by atoms with E-state index < -0.39 is 0 Å². The molecule has 1 aliphatic heterocycles. The first-order valence-corrected chi connectivity index (χ1v) is 3.78. The largest absolute Gasteiger partial charge is 0.462 e. The van der Waals surface area contributed by atoms with Crippen molar-refractivity contribution in [1.29, 1.82) is 0 Å². The SMILES string of the molecule is CC(=O)C[C@@H]1OC(=O)C[C@H]1C. The highest BCUT2D eigenvalue weighted by Gasteiger charge is 2.31. The van der Waals surface area contributed by atoms with Crippen molar-refractivity contribution in [3.63, 3.8) is 0 Å². The van der Waals surface area contributed by atoms with Crippen LogP contribution in [0, 0.1) is 5.92 Å². The molecule has 11 heavy (non-hydrogen) atoms. The van der Waals surface area contributed by atoms with E-state index in [0.29, 0.717) is 12.8 Å². The van der Waals surface area contributed by atoms with Crippen LogP contribution in [0.1, 0.15) is 26.7 Å². The van der Waals surface area contributed by atoms with E-state index >= 15 is 0 Å². The van der Waals surface area contributed by atoms with Gasteiger partial charge in [-0.25, -0.2) is 0 Å². The number of carbonyl (C=O) groups is 2. The third kappa shape index (κ3) is 2.03. The smallest absolute Gasteiger partial charge is 0.306 e. The van der Waals surface area contributed by atoms with Crippen LogP contribution >= 0.6 is 0 Å². The average molecular weight is 156 g/mol. The molecule has 0 aromatic carbocycles. The van der Waals surface area contributed by atoms with Crippen molar-refractivity contribution in [2.24, 2.45) is 5.92 Å². The number of ether oxygens (including phenoxy) is 1. The van der Waals surface area contributed by atoms with Crippen LogP contribution in [0.3, 0.4) is 0 Å². The quantitative estimate of drug-likeness (QED) is 0.558.